The Kier molecular flexibility index (Phi) is 4.31. The van der Waals surface area contributed by atoms with Crippen LogP contribution >= 0.6 is 0 Å². The van der Waals surface area contributed by atoms with Gasteiger partial charge in [-0.3, -0.25) is 9.59 Å². The van der Waals surface area contributed by atoms with Gasteiger partial charge in [0.2, 0.25) is 0 Å². The number of carbonyl (C=O) groups excluding carboxylic acids is 2. The first-order valence-corrected chi connectivity index (χ1v) is 4.87. The lowest BCUT2D eigenvalue weighted by Crippen LogP contribution is -2.27. The number of rotatable bonds is 5. The maximum Gasteiger partial charge on any atom is 0.145 e. The Bertz CT molecular complexity index is 202. The molecule has 0 saturated carbocycles. The monoisotopic (exact) mass is 184 g/mol. The summed E-state index contributed by atoms with van der Waals surface area (Å²) < 4.78 is 0. The number of ketones is 2. The van der Waals surface area contributed by atoms with Crippen molar-refractivity contribution in [2.45, 2.75) is 47.5 Å². The zero-order valence-electron chi connectivity index (χ0n) is 9.31. The minimum atomic E-state index is -0.343. The van der Waals surface area contributed by atoms with Gasteiger partial charge in [0, 0.05) is 11.3 Å². The molecule has 0 atom stereocenters. The van der Waals surface area contributed by atoms with Crippen LogP contribution in [0.3, 0.4) is 0 Å². The van der Waals surface area contributed by atoms with Crippen LogP contribution in [0.5, 0.6) is 0 Å². The smallest absolute Gasteiger partial charge is 0.145 e. The highest BCUT2D eigenvalue weighted by Gasteiger charge is 2.27. The molecule has 0 fully saturated rings. The van der Waals surface area contributed by atoms with E-state index in [1.807, 2.05) is 34.6 Å². The van der Waals surface area contributed by atoms with E-state index in [9.17, 15) is 9.59 Å². The zero-order valence-corrected chi connectivity index (χ0v) is 9.31. The Morgan fingerprint density at radius 2 is 1.69 bits per heavy atom. The molecule has 0 rings (SSSR count). The van der Waals surface area contributed by atoms with Gasteiger partial charge in [0.1, 0.15) is 11.6 Å². The molecule has 13 heavy (non-hydrogen) atoms. The summed E-state index contributed by atoms with van der Waals surface area (Å²) >= 11 is 0. The van der Waals surface area contributed by atoms with Crippen LogP contribution in [-0.2, 0) is 9.59 Å². The van der Waals surface area contributed by atoms with Crippen molar-refractivity contribution in [3.63, 3.8) is 0 Å². The van der Waals surface area contributed by atoms with Crippen molar-refractivity contribution in [2.75, 3.05) is 0 Å². The fraction of sp³-hybridized carbons (Fsp3) is 0.818. The van der Waals surface area contributed by atoms with Crippen molar-refractivity contribution in [3.05, 3.63) is 0 Å². The van der Waals surface area contributed by atoms with E-state index in [1.165, 1.54) is 0 Å². The molecule has 0 unspecified atom stereocenters. The van der Waals surface area contributed by atoms with E-state index in [4.69, 9.17) is 0 Å². The fourth-order valence-electron chi connectivity index (χ4n) is 0.799. The SMILES string of the molecule is CCC(C)(C)C(=O)CC(=O)C(C)C. The van der Waals surface area contributed by atoms with E-state index >= 15 is 0 Å². The summed E-state index contributed by atoms with van der Waals surface area (Å²) in [6.07, 6.45) is 0.885. The van der Waals surface area contributed by atoms with E-state index < -0.39 is 0 Å². The number of hydrogen-bond acceptors (Lipinski definition) is 2. The number of hydrogen-bond donors (Lipinski definition) is 0. The third kappa shape index (κ3) is 3.71. The molecule has 0 aliphatic rings. The molecular formula is C11H20O2. The molecule has 0 saturated heterocycles. The lowest BCUT2D eigenvalue weighted by molar-refractivity contribution is -0.133. The quantitative estimate of drug-likeness (QED) is 0.615. The summed E-state index contributed by atoms with van der Waals surface area (Å²) in [5.74, 6) is 0.0804. The summed E-state index contributed by atoms with van der Waals surface area (Å²) in [6, 6.07) is 0. The normalized spacial score (nSPS) is 11.8. The standard InChI is InChI=1S/C11H20O2/c1-6-11(4,5)10(13)7-9(12)8(2)3/h8H,6-7H2,1-5H3. The van der Waals surface area contributed by atoms with Gasteiger partial charge in [0.15, 0.2) is 0 Å². The van der Waals surface area contributed by atoms with E-state index in [2.05, 4.69) is 0 Å². The molecule has 0 bridgehead atoms. The van der Waals surface area contributed by atoms with Crippen molar-refractivity contribution < 1.29 is 9.59 Å². The van der Waals surface area contributed by atoms with Crippen LogP contribution in [0.1, 0.15) is 47.5 Å². The lowest BCUT2D eigenvalue weighted by atomic mass is 9.82. The molecule has 0 amide bonds. The van der Waals surface area contributed by atoms with Gasteiger partial charge < -0.3 is 0 Å². The van der Waals surface area contributed by atoms with Gasteiger partial charge in [-0.25, -0.2) is 0 Å². The van der Waals surface area contributed by atoms with E-state index in [1.54, 1.807) is 0 Å². The predicted molar refractivity (Wildman–Crippen MR) is 53.5 cm³/mol. The van der Waals surface area contributed by atoms with Gasteiger partial charge >= 0.3 is 0 Å². The second kappa shape index (κ2) is 4.54. The maximum atomic E-state index is 11.6. The van der Waals surface area contributed by atoms with Crippen molar-refractivity contribution in [1.29, 1.82) is 0 Å². The van der Waals surface area contributed by atoms with Crippen LogP contribution in [0, 0.1) is 11.3 Å². The first kappa shape index (κ1) is 12.3. The second-order valence-corrected chi connectivity index (χ2v) is 4.46. The van der Waals surface area contributed by atoms with Crippen LogP contribution in [0.2, 0.25) is 0 Å². The highest BCUT2D eigenvalue weighted by atomic mass is 16.1. The molecule has 2 heteroatoms. The van der Waals surface area contributed by atoms with Gasteiger partial charge in [-0.05, 0) is 6.42 Å². The molecule has 0 aromatic heterocycles. The van der Waals surface area contributed by atoms with Gasteiger partial charge in [0.05, 0.1) is 6.42 Å². The van der Waals surface area contributed by atoms with E-state index in [0.29, 0.717) is 0 Å². The molecule has 2 nitrogen and oxygen atoms in total. The van der Waals surface area contributed by atoms with Crippen LogP contribution in [-0.4, -0.2) is 11.6 Å². The molecule has 0 spiro atoms. The highest BCUT2D eigenvalue weighted by molar-refractivity contribution is 6.02. The van der Waals surface area contributed by atoms with Gasteiger partial charge in [0.25, 0.3) is 0 Å². The summed E-state index contributed by atoms with van der Waals surface area (Å²) in [7, 11) is 0. The van der Waals surface area contributed by atoms with Gasteiger partial charge in [-0.2, -0.15) is 0 Å². The molecule has 0 radical (unpaired) electrons. The van der Waals surface area contributed by atoms with Crippen LogP contribution < -0.4 is 0 Å². The summed E-state index contributed by atoms with van der Waals surface area (Å²) in [5.41, 5.74) is -0.343. The van der Waals surface area contributed by atoms with E-state index in [-0.39, 0.29) is 29.3 Å². The average Bonchev–Trinajstić information content (AvgIpc) is 2.04. The minimum absolute atomic E-state index is 0.0309. The molecule has 76 valence electrons. The summed E-state index contributed by atoms with van der Waals surface area (Å²) in [6.45, 7) is 9.41. The first-order valence-electron chi connectivity index (χ1n) is 4.87. The van der Waals surface area contributed by atoms with Crippen molar-refractivity contribution in [1.82, 2.24) is 0 Å². The molecule has 0 aromatic carbocycles. The number of Topliss-reactive ketones (excluding diaryl/α,β-unsaturated/α-hetero) is 2. The zero-order chi connectivity index (χ0) is 10.6. The van der Waals surface area contributed by atoms with Crippen LogP contribution in [0.25, 0.3) is 0 Å². The Labute approximate surface area is 80.7 Å². The topological polar surface area (TPSA) is 34.1 Å². The minimum Gasteiger partial charge on any atom is -0.299 e. The first-order chi connectivity index (χ1) is 5.81. The molecule has 0 aromatic rings. The molecule has 0 N–H and O–H groups in total. The molecule has 0 heterocycles. The third-order valence-corrected chi connectivity index (χ3v) is 2.62. The maximum absolute atomic E-state index is 11.6. The number of carbonyl (C=O) groups is 2. The van der Waals surface area contributed by atoms with Crippen LogP contribution in [0.15, 0.2) is 0 Å². The summed E-state index contributed by atoms with van der Waals surface area (Å²) in [4.78, 5) is 22.9. The van der Waals surface area contributed by atoms with E-state index in [0.717, 1.165) is 6.42 Å². The largest absolute Gasteiger partial charge is 0.299 e. The lowest BCUT2D eigenvalue weighted by Gasteiger charge is -2.20. The Balaban J connectivity index is 4.24. The van der Waals surface area contributed by atoms with Crippen molar-refractivity contribution in [2.24, 2.45) is 11.3 Å². The third-order valence-electron chi connectivity index (χ3n) is 2.62. The molecular weight excluding hydrogens is 164 g/mol. The Morgan fingerprint density at radius 3 is 2.00 bits per heavy atom. The summed E-state index contributed by atoms with van der Waals surface area (Å²) in [5, 5.41) is 0. The van der Waals surface area contributed by atoms with Gasteiger partial charge in [-0.1, -0.05) is 34.6 Å². The van der Waals surface area contributed by atoms with Crippen molar-refractivity contribution in [3.8, 4) is 0 Å². The van der Waals surface area contributed by atoms with Crippen LogP contribution in [0.4, 0.5) is 0 Å². The average molecular weight is 184 g/mol. The fourth-order valence-corrected chi connectivity index (χ4v) is 0.799. The highest BCUT2D eigenvalue weighted by Crippen LogP contribution is 2.23. The molecule has 0 aliphatic heterocycles. The second-order valence-electron chi connectivity index (χ2n) is 4.46. The predicted octanol–water partition coefficient (Wildman–Crippen LogP) is 2.61. The molecule has 0 aliphatic carbocycles. The van der Waals surface area contributed by atoms with Gasteiger partial charge in [-0.15, -0.1) is 0 Å². The Morgan fingerprint density at radius 1 is 1.23 bits per heavy atom. The van der Waals surface area contributed by atoms with Crippen molar-refractivity contribution >= 4 is 11.6 Å². The Hall–Kier alpha value is -0.660.